The van der Waals surface area contributed by atoms with Crippen molar-refractivity contribution in [1.82, 2.24) is 16.0 Å². The van der Waals surface area contributed by atoms with Crippen LogP contribution in [0.15, 0.2) is 0 Å². The first-order valence-electron chi connectivity index (χ1n) is 11.1. The van der Waals surface area contributed by atoms with Crippen molar-refractivity contribution >= 4 is 23.9 Å². The second kappa shape index (κ2) is 11.9. The van der Waals surface area contributed by atoms with Gasteiger partial charge in [0.25, 0.3) is 0 Å². The van der Waals surface area contributed by atoms with Gasteiger partial charge in [0.2, 0.25) is 11.8 Å². The van der Waals surface area contributed by atoms with Gasteiger partial charge in [0.05, 0.1) is 0 Å². The van der Waals surface area contributed by atoms with Crippen LogP contribution in [-0.2, 0) is 19.1 Å². The second-order valence-corrected chi connectivity index (χ2v) is 9.54. The first-order valence-corrected chi connectivity index (χ1v) is 11.1. The van der Waals surface area contributed by atoms with Crippen LogP contribution in [-0.4, -0.2) is 53.2 Å². The lowest BCUT2D eigenvalue weighted by atomic mass is 9.81. The molecule has 0 heterocycles. The number of alkyl carbamates (subject to hydrolysis) is 1. The molecule has 0 aliphatic heterocycles. The van der Waals surface area contributed by atoms with Gasteiger partial charge in [0.15, 0.2) is 0 Å². The fraction of sp³-hybridized carbons (Fsp3) is 0.818. The van der Waals surface area contributed by atoms with E-state index in [-0.39, 0.29) is 29.6 Å². The van der Waals surface area contributed by atoms with Crippen LogP contribution in [0.4, 0.5) is 4.79 Å². The quantitative estimate of drug-likeness (QED) is 0.434. The SMILES string of the molecule is CCC(C)[C@H](NC(=O)C1CCC(CNC(=O)[C@@H](C)NC(=O)OC(C)(C)C)CC1)C(=O)O. The lowest BCUT2D eigenvalue weighted by Gasteiger charge is -2.30. The molecule has 3 amide bonds. The molecule has 31 heavy (non-hydrogen) atoms. The van der Waals surface area contributed by atoms with Crippen LogP contribution in [0.1, 0.15) is 73.6 Å². The zero-order valence-electron chi connectivity index (χ0n) is 19.6. The van der Waals surface area contributed by atoms with E-state index in [0.29, 0.717) is 25.8 Å². The van der Waals surface area contributed by atoms with Gasteiger partial charge in [-0.15, -0.1) is 0 Å². The van der Waals surface area contributed by atoms with Gasteiger partial charge in [0.1, 0.15) is 17.7 Å². The molecule has 0 spiro atoms. The van der Waals surface area contributed by atoms with Crippen LogP contribution in [0.25, 0.3) is 0 Å². The standard InChI is InChI=1S/C22H39N3O6/c1-7-13(2)17(20(28)29)25-19(27)16-10-8-15(9-11-16)12-23-18(26)14(3)24-21(30)31-22(4,5)6/h13-17H,7-12H2,1-6H3,(H,23,26)(H,24,30)(H,25,27)(H,28,29)/t13?,14-,15?,16?,17+/m1/s1. The van der Waals surface area contributed by atoms with Crippen LogP contribution in [0.5, 0.6) is 0 Å². The lowest BCUT2D eigenvalue weighted by Crippen LogP contribution is -2.48. The van der Waals surface area contributed by atoms with Crippen molar-refractivity contribution in [3.05, 3.63) is 0 Å². The van der Waals surface area contributed by atoms with E-state index in [1.54, 1.807) is 27.7 Å². The van der Waals surface area contributed by atoms with Crippen molar-refractivity contribution in [2.24, 2.45) is 17.8 Å². The topological polar surface area (TPSA) is 134 Å². The minimum Gasteiger partial charge on any atom is -0.480 e. The summed E-state index contributed by atoms with van der Waals surface area (Å²) in [6.07, 6.45) is 2.89. The summed E-state index contributed by atoms with van der Waals surface area (Å²) >= 11 is 0. The van der Waals surface area contributed by atoms with Crippen molar-refractivity contribution < 1.29 is 29.0 Å². The number of aliphatic carboxylic acids is 1. The summed E-state index contributed by atoms with van der Waals surface area (Å²) < 4.78 is 5.15. The Balaban J connectivity index is 2.39. The number of hydrogen-bond acceptors (Lipinski definition) is 5. The summed E-state index contributed by atoms with van der Waals surface area (Å²) in [6, 6.07) is -1.58. The zero-order valence-corrected chi connectivity index (χ0v) is 19.6. The Kier molecular flexibility index (Phi) is 10.3. The number of carbonyl (C=O) groups is 4. The molecule has 4 N–H and O–H groups in total. The van der Waals surface area contributed by atoms with Crippen LogP contribution < -0.4 is 16.0 Å². The van der Waals surface area contributed by atoms with Gasteiger partial charge in [-0.2, -0.15) is 0 Å². The Morgan fingerprint density at radius 1 is 1.03 bits per heavy atom. The molecular weight excluding hydrogens is 402 g/mol. The van der Waals surface area contributed by atoms with Crippen LogP contribution in [0.2, 0.25) is 0 Å². The van der Waals surface area contributed by atoms with Crippen LogP contribution in [0.3, 0.4) is 0 Å². The highest BCUT2D eigenvalue weighted by Crippen LogP contribution is 2.29. The minimum absolute atomic E-state index is 0.135. The number of carboxylic acid groups (broad SMARTS) is 1. The Labute approximate surface area is 185 Å². The number of hydrogen-bond donors (Lipinski definition) is 4. The largest absolute Gasteiger partial charge is 0.480 e. The zero-order chi connectivity index (χ0) is 23.8. The predicted octanol–water partition coefficient (Wildman–Crippen LogP) is 2.44. The molecule has 9 heteroatoms. The van der Waals surface area contributed by atoms with Gasteiger partial charge in [-0.05, 0) is 65.2 Å². The van der Waals surface area contributed by atoms with E-state index < -0.39 is 29.7 Å². The van der Waals surface area contributed by atoms with Gasteiger partial charge in [-0.1, -0.05) is 20.3 Å². The van der Waals surface area contributed by atoms with E-state index in [1.165, 1.54) is 0 Å². The molecule has 0 radical (unpaired) electrons. The van der Waals surface area contributed by atoms with Crippen molar-refractivity contribution in [2.45, 2.75) is 91.3 Å². The third-order valence-corrected chi connectivity index (χ3v) is 5.69. The second-order valence-electron chi connectivity index (χ2n) is 9.54. The number of ether oxygens (including phenoxy) is 1. The summed E-state index contributed by atoms with van der Waals surface area (Å²) in [5.74, 6) is -1.59. The molecule has 1 saturated carbocycles. The van der Waals surface area contributed by atoms with Crippen molar-refractivity contribution in [2.75, 3.05) is 6.54 Å². The third kappa shape index (κ3) is 9.57. The first kappa shape index (κ1) is 26.7. The van der Waals surface area contributed by atoms with Gasteiger partial charge in [0, 0.05) is 12.5 Å². The number of carboxylic acids is 1. The highest BCUT2D eigenvalue weighted by Gasteiger charge is 2.31. The smallest absolute Gasteiger partial charge is 0.408 e. The molecular formula is C22H39N3O6. The maximum atomic E-state index is 12.5. The van der Waals surface area contributed by atoms with E-state index in [0.717, 1.165) is 12.8 Å². The van der Waals surface area contributed by atoms with Gasteiger partial charge in [-0.25, -0.2) is 9.59 Å². The lowest BCUT2D eigenvalue weighted by molar-refractivity contribution is -0.144. The van der Waals surface area contributed by atoms with Crippen LogP contribution >= 0.6 is 0 Å². The Morgan fingerprint density at radius 2 is 1.61 bits per heavy atom. The molecule has 3 atom stereocenters. The van der Waals surface area contributed by atoms with Gasteiger partial charge >= 0.3 is 12.1 Å². The van der Waals surface area contributed by atoms with Crippen molar-refractivity contribution in [3.63, 3.8) is 0 Å². The summed E-state index contributed by atoms with van der Waals surface area (Å²) in [7, 11) is 0. The number of nitrogens with one attached hydrogen (secondary N) is 3. The maximum absolute atomic E-state index is 12.5. The molecule has 0 aromatic rings. The summed E-state index contributed by atoms with van der Waals surface area (Å²) in [4.78, 5) is 47.9. The Hall–Kier alpha value is -2.32. The number of rotatable bonds is 9. The summed E-state index contributed by atoms with van der Waals surface area (Å²) in [5.41, 5.74) is -0.635. The fourth-order valence-electron chi connectivity index (χ4n) is 3.53. The maximum Gasteiger partial charge on any atom is 0.408 e. The molecule has 0 aromatic carbocycles. The van der Waals surface area contributed by atoms with Gasteiger partial charge < -0.3 is 25.8 Å². The molecule has 1 unspecified atom stereocenters. The summed E-state index contributed by atoms with van der Waals surface area (Å²) in [5, 5.41) is 17.4. The molecule has 0 bridgehead atoms. The normalized spacial score (nSPS) is 21.9. The molecule has 0 saturated heterocycles. The minimum atomic E-state index is -1.01. The molecule has 178 valence electrons. The van der Waals surface area contributed by atoms with Crippen molar-refractivity contribution in [3.8, 4) is 0 Å². The van der Waals surface area contributed by atoms with Crippen molar-refractivity contribution in [1.29, 1.82) is 0 Å². The average molecular weight is 442 g/mol. The predicted molar refractivity (Wildman–Crippen MR) is 116 cm³/mol. The van der Waals surface area contributed by atoms with E-state index >= 15 is 0 Å². The average Bonchev–Trinajstić information content (AvgIpc) is 2.67. The monoisotopic (exact) mass is 441 g/mol. The number of carbonyl (C=O) groups excluding carboxylic acids is 3. The highest BCUT2D eigenvalue weighted by molar-refractivity contribution is 5.86. The van der Waals surface area contributed by atoms with E-state index in [1.807, 2.05) is 13.8 Å². The number of amides is 3. The summed E-state index contributed by atoms with van der Waals surface area (Å²) in [6.45, 7) is 11.0. The molecule has 1 fully saturated rings. The van der Waals surface area contributed by atoms with Gasteiger partial charge in [-0.3, -0.25) is 9.59 Å². The fourth-order valence-corrected chi connectivity index (χ4v) is 3.53. The molecule has 1 rings (SSSR count). The van der Waals surface area contributed by atoms with E-state index in [4.69, 9.17) is 4.74 Å². The Bertz CT molecular complexity index is 638. The molecule has 1 aliphatic carbocycles. The Morgan fingerprint density at radius 3 is 2.10 bits per heavy atom. The highest BCUT2D eigenvalue weighted by atomic mass is 16.6. The molecule has 1 aliphatic rings. The van der Waals surface area contributed by atoms with E-state index in [2.05, 4.69) is 16.0 Å². The van der Waals surface area contributed by atoms with Crippen LogP contribution in [0, 0.1) is 17.8 Å². The van der Waals surface area contributed by atoms with E-state index in [9.17, 15) is 24.3 Å². The molecule has 0 aromatic heterocycles. The third-order valence-electron chi connectivity index (χ3n) is 5.69. The molecule has 9 nitrogen and oxygen atoms in total. The first-order chi connectivity index (χ1) is 14.3.